The number of piperidine rings is 2. The van der Waals surface area contributed by atoms with Gasteiger partial charge in [0.15, 0.2) is 5.82 Å². The van der Waals surface area contributed by atoms with Gasteiger partial charge in [0, 0.05) is 25.0 Å². The number of rotatable bonds is 1. The highest BCUT2D eigenvalue weighted by Gasteiger charge is 2.38. The van der Waals surface area contributed by atoms with Crippen molar-refractivity contribution < 1.29 is 9.18 Å². The molecule has 1 N–H and O–H groups in total. The predicted octanol–water partition coefficient (Wildman–Crippen LogP) is 3.08. The summed E-state index contributed by atoms with van der Waals surface area (Å²) in [6, 6.07) is 4.61. The van der Waals surface area contributed by atoms with E-state index in [4.69, 9.17) is 11.6 Å². The van der Waals surface area contributed by atoms with E-state index in [2.05, 4.69) is 5.32 Å². The Labute approximate surface area is 129 Å². The second-order valence-electron chi connectivity index (χ2n) is 6.21. The van der Waals surface area contributed by atoms with Crippen molar-refractivity contribution in [2.75, 3.05) is 26.2 Å². The highest BCUT2D eigenvalue weighted by atomic mass is 35.5. The Kier molecular flexibility index (Phi) is 4.18. The van der Waals surface area contributed by atoms with Crippen molar-refractivity contribution in [1.29, 1.82) is 0 Å². The van der Waals surface area contributed by atoms with Crippen LogP contribution in [0, 0.1) is 11.2 Å². The zero-order chi connectivity index (χ0) is 14.9. The largest absolute Gasteiger partial charge is 0.338 e. The Balaban J connectivity index is 1.79. The normalized spacial score (nSPS) is 26.1. The fourth-order valence-corrected chi connectivity index (χ4v) is 3.77. The van der Waals surface area contributed by atoms with Crippen molar-refractivity contribution in [3.63, 3.8) is 0 Å². The molecule has 5 heteroatoms. The number of halogens is 2. The molecule has 2 heterocycles. The van der Waals surface area contributed by atoms with Crippen LogP contribution in [-0.4, -0.2) is 37.0 Å². The maximum Gasteiger partial charge on any atom is 0.256 e. The van der Waals surface area contributed by atoms with Gasteiger partial charge in [0.05, 0.1) is 10.6 Å². The molecule has 3 nitrogen and oxygen atoms in total. The average Bonchev–Trinajstić information content (AvgIpc) is 2.50. The molecule has 2 aliphatic heterocycles. The summed E-state index contributed by atoms with van der Waals surface area (Å²) in [5.41, 5.74) is 0.254. The molecule has 0 saturated carbocycles. The molecule has 1 unspecified atom stereocenters. The molecular weight excluding hydrogens is 291 g/mol. The maximum atomic E-state index is 14.0. The highest BCUT2D eigenvalue weighted by Crippen LogP contribution is 2.36. The first-order valence-corrected chi connectivity index (χ1v) is 7.93. The molecule has 3 rings (SSSR count). The van der Waals surface area contributed by atoms with Crippen molar-refractivity contribution in [1.82, 2.24) is 10.2 Å². The molecule has 2 saturated heterocycles. The van der Waals surface area contributed by atoms with Crippen molar-refractivity contribution in [2.24, 2.45) is 5.41 Å². The molecule has 0 radical (unpaired) electrons. The lowest BCUT2D eigenvalue weighted by Gasteiger charge is -2.45. The van der Waals surface area contributed by atoms with Crippen LogP contribution in [0.15, 0.2) is 18.2 Å². The van der Waals surface area contributed by atoms with Gasteiger partial charge in [-0.3, -0.25) is 4.79 Å². The second kappa shape index (κ2) is 5.93. The van der Waals surface area contributed by atoms with Gasteiger partial charge in [0.25, 0.3) is 5.91 Å². The van der Waals surface area contributed by atoms with Gasteiger partial charge in [-0.1, -0.05) is 17.7 Å². The Morgan fingerprint density at radius 2 is 2.14 bits per heavy atom. The third kappa shape index (κ3) is 2.92. The van der Waals surface area contributed by atoms with Gasteiger partial charge in [-0.05, 0) is 44.4 Å². The Hall–Kier alpha value is -1.13. The summed E-state index contributed by atoms with van der Waals surface area (Å²) in [5, 5.41) is 3.44. The van der Waals surface area contributed by atoms with Gasteiger partial charge in [0.2, 0.25) is 0 Å². The molecule has 2 fully saturated rings. The van der Waals surface area contributed by atoms with E-state index in [-0.39, 0.29) is 21.9 Å². The van der Waals surface area contributed by atoms with Crippen LogP contribution in [0.4, 0.5) is 4.39 Å². The number of nitrogens with one attached hydrogen (secondary N) is 1. The molecule has 0 aromatic heterocycles. The van der Waals surface area contributed by atoms with E-state index in [0.29, 0.717) is 13.1 Å². The first kappa shape index (κ1) is 14.8. The smallest absolute Gasteiger partial charge is 0.256 e. The third-order valence-electron chi connectivity index (χ3n) is 4.69. The standard InChI is InChI=1S/C16H20ClFN2O/c17-13-5-1-4-12(14(13)18)15(21)20-9-3-7-16(11-20)6-2-8-19-10-16/h1,4-5,19H,2-3,6-11H2. The van der Waals surface area contributed by atoms with Gasteiger partial charge in [-0.2, -0.15) is 0 Å². The minimum absolute atomic E-state index is 0.00639. The number of amides is 1. The fourth-order valence-electron chi connectivity index (χ4n) is 3.60. The van der Waals surface area contributed by atoms with Crippen LogP contribution in [0.2, 0.25) is 5.02 Å². The summed E-state index contributed by atoms with van der Waals surface area (Å²) in [4.78, 5) is 14.4. The Morgan fingerprint density at radius 3 is 2.90 bits per heavy atom. The van der Waals surface area contributed by atoms with Gasteiger partial charge in [-0.25, -0.2) is 4.39 Å². The minimum Gasteiger partial charge on any atom is -0.338 e. The fraction of sp³-hybridized carbons (Fsp3) is 0.562. The van der Waals surface area contributed by atoms with Gasteiger partial charge < -0.3 is 10.2 Å². The zero-order valence-corrected chi connectivity index (χ0v) is 12.8. The van der Waals surface area contributed by atoms with Crippen molar-refractivity contribution in [3.8, 4) is 0 Å². The molecule has 21 heavy (non-hydrogen) atoms. The number of hydrogen-bond donors (Lipinski definition) is 1. The number of carbonyl (C=O) groups is 1. The van der Waals surface area contributed by atoms with E-state index >= 15 is 0 Å². The molecule has 1 aromatic carbocycles. The summed E-state index contributed by atoms with van der Waals surface area (Å²) in [6.45, 7) is 3.42. The number of benzene rings is 1. The summed E-state index contributed by atoms with van der Waals surface area (Å²) >= 11 is 5.78. The van der Waals surface area contributed by atoms with E-state index in [1.54, 1.807) is 11.0 Å². The minimum atomic E-state index is -0.606. The summed E-state index contributed by atoms with van der Waals surface area (Å²) < 4.78 is 14.0. The van der Waals surface area contributed by atoms with Crippen LogP contribution < -0.4 is 5.32 Å². The molecule has 1 atom stereocenters. The van der Waals surface area contributed by atoms with Crippen LogP contribution >= 0.6 is 11.6 Å². The maximum absolute atomic E-state index is 14.0. The zero-order valence-electron chi connectivity index (χ0n) is 12.0. The first-order valence-electron chi connectivity index (χ1n) is 7.55. The summed E-state index contributed by atoms with van der Waals surface area (Å²) in [6.07, 6.45) is 4.41. The van der Waals surface area contributed by atoms with Crippen molar-refractivity contribution >= 4 is 17.5 Å². The van der Waals surface area contributed by atoms with E-state index < -0.39 is 5.82 Å². The van der Waals surface area contributed by atoms with Gasteiger partial charge in [0.1, 0.15) is 0 Å². The molecule has 1 aromatic rings. The van der Waals surface area contributed by atoms with Crippen molar-refractivity contribution in [2.45, 2.75) is 25.7 Å². The monoisotopic (exact) mass is 310 g/mol. The number of carbonyl (C=O) groups excluding carboxylic acids is 1. The topological polar surface area (TPSA) is 32.3 Å². The van der Waals surface area contributed by atoms with Crippen molar-refractivity contribution in [3.05, 3.63) is 34.6 Å². The van der Waals surface area contributed by atoms with Crippen LogP contribution in [0.25, 0.3) is 0 Å². The van der Waals surface area contributed by atoms with E-state index in [9.17, 15) is 9.18 Å². The molecule has 2 aliphatic rings. The molecule has 0 aliphatic carbocycles. The lowest BCUT2D eigenvalue weighted by Crippen LogP contribution is -2.52. The lowest BCUT2D eigenvalue weighted by molar-refractivity contribution is 0.0430. The van der Waals surface area contributed by atoms with Gasteiger partial charge in [-0.15, -0.1) is 0 Å². The van der Waals surface area contributed by atoms with E-state index in [1.807, 2.05) is 0 Å². The third-order valence-corrected chi connectivity index (χ3v) is 4.98. The van der Waals surface area contributed by atoms with Crippen LogP contribution in [0.1, 0.15) is 36.0 Å². The predicted molar refractivity (Wildman–Crippen MR) is 81.1 cm³/mol. The SMILES string of the molecule is O=C(c1cccc(Cl)c1F)N1CCCC2(CCCNC2)C1. The van der Waals surface area contributed by atoms with E-state index in [1.165, 1.54) is 12.1 Å². The summed E-state index contributed by atoms with van der Waals surface area (Å²) in [5.74, 6) is -0.842. The van der Waals surface area contributed by atoms with Crippen LogP contribution in [0.5, 0.6) is 0 Å². The average molecular weight is 311 g/mol. The van der Waals surface area contributed by atoms with E-state index in [0.717, 1.165) is 38.8 Å². The Bertz CT molecular complexity index is 538. The molecule has 1 spiro atoms. The highest BCUT2D eigenvalue weighted by molar-refractivity contribution is 6.31. The van der Waals surface area contributed by atoms with Gasteiger partial charge >= 0.3 is 0 Å². The van der Waals surface area contributed by atoms with Crippen LogP contribution in [-0.2, 0) is 0 Å². The second-order valence-corrected chi connectivity index (χ2v) is 6.62. The molecule has 114 valence electrons. The van der Waals surface area contributed by atoms with Crippen LogP contribution in [0.3, 0.4) is 0 Å². The molecular formula is C16H20ClFN2O. The summed E-state index contributed by atoms with van der Waals surface area (Å²) in [7, 11) is 0. The number of hydrogen-bond acceptors (Lipinski definition) is 2. The number of likely N-dealkylation sites (tertiary alicyclic amines) is 1. The lowest BCUT2D eigenvalue weighted by atomic mass is 9.74. The number of nitrogens with zero attached hydrogens (tertiary/aromatic N) is 1. The molecule has 0 bridgehead atoms. The Morgan fingerprint density at radius 1 is 1.33 bits per heavy atom. The molecule has 1 amide bonds. The quantitative estimate of drug-likeness (QED) is 0.864. The first-order chi connectivity index (χ1) is 10.1.